The van der Waals surface area contributed by atoms with Gasteiger partial charge in [0.2, 0.25) is 0 Å². The molecular weight excluding hydrogens is 494 g/mol. The van der Waals surface area contributed by atoms with E-state index in [4.69, 9.17) is 10.5 Å². The van der Waals surface area contributed by atoms with Crippen LogP contribution < -0.4 is 21.1 Å². The summed E-state index contributed by atoms with van der Waals surface area (Å²) in [6.07, 6.45) is 1.55. The Labute approximate surface area is 227 Å². The average molecular weight is 526 g/mol. The molecule has 2 aliphatic heterocycles. The zero-order valence-electron chi connectivity index (χ0n) is 21.3. The number of fused-ring (bicyclic) bond motifs is 1. The molecule has 8 nitrogen and oxygen atoms in total. The van der Waals surface area contributed by atoms with Crippen molar-refractivity contribution in [1.82, 2.24) is 19.8 Å². The molecule has 0 aliphatic carbocycles. The quantitative estimate of drug-likeness (QED) is 0.307. The summed E-state index contributed by atoms with van der Waals surface area (Å²) in [5.74, 6) is 3.00. The molecule has 9 heteroatoms. The maximum Gasteiger partial charge on any atom is 0.167 e. The Hall–Kier alpha value is -3.63. The van der Waals surface area contributed by atoms with Crippen LogP contribution in [0.25, 0.3) is 0 Å². The van der Waals surface area contributed by atoms with Crippen LogP contribution in [0.5, 0.6) is 11.5 Å². The Morgan fingerprint density at radius 2 is 1.63 bits per heavy atom. The Morgan fingerprint density at radius 3 is 2.37 bits per heavy atom. The van der Waals surface area contributed by atoms with Gasteiger partial charge in [0, 0.05) is 44.0 Å². The summed E-state index contributed by atoms with van der Waals surface area (Å²) in [5, 5.41) is 6.82. The molecule has 0 saturated carbocycles. The Balaban J connectivity index is 1.13. The number of ether oxygens (including phenoxy) is 1. The molecule has 3 aromatic carbocycles. The molecule has 0 bridgehead atoms. The van der Waals surface area contributed by atoms with Crippen LogP contribution in [0.2, 0.25) is 0 Å². The lowest BCUT2D eigenvalue weighted by Gasteiger charge is -2.32. The number of rotatable bonds is 7. The fraction of sp³-hybridized carbons (Fsp3) is 0.241. The van der Waals surface area contributed by atoms with Crippen molar-refractivity contribution in [3.05, 3.63) is 96.3 Å². The van der Waals surface area contributed by atoms with Gasteiger partial charge in [0.25, 0.3) is 0 Å². The molecule has 1 aromatic heterocycles. The van der Waals surface area contributed by atoms with Crippen LogP contribution in [0.1, 0.15) is 11.1 Å². The molecule has 1 unspecified atom stereocenters. The van der Waals surface area contributed by atoms with Crippen LogP contribution in [0.15, 0.2) is 90.1 Å². The lowest BCUT2D eigenvalue weighted by atomic mass is 10.1. The van der Waals surface area contributed by atoms with Crippen molar-refractivity contribution in [2.75, 3.05) is 43.9 Å². The number of nitrogens with two attached hydrogens (primary N) is 1. The summed E-state index contributed by atoms with van der Waals surface area (Å²) in [6.45, 7) is 5.39. The topological polar surface area (TPSA) is 91.6 Å². The van der Waals surface area contributed by atoms with Crippen LogP contribution in [-0.4, -0.2) is 53.0 Å². The molecule has 0 amide bonds. The van der Waals surface area contributed by atoms with E-state index in [1.165, 1.54) is 17.3 Å². The third-order valence-corrected chi connectivity index (χ3v) is 8.10. The van der Waals surface area contributed by atoms with E-state index in [0.717, 1.165) is 66.2 Å². The first-order chi connectivity index (χ1) is 18.5. The highest BCUT2D eigenvalue weighted by atomic mass is 32.2. The minimum atomic E-state index is -0.825. The summed E-state index contributed by atoms with van der Waals surface area (Å²) in [5.41, 5.74) is 10.0. The second-order valence-corrected chi connectivity index (χ2v) is 11.0. The summed E-state index contributed by atoms with van der Waals surface area (Å²) < 4.78 is 5.90. The number of hydrogen-bond donors (Lipinski definition) is 3. The Kier molecular flexibility index (Phi) is 6.90. The number of anilines is 3. The van der Waals surface area contributed by atoms with Gasteiger partial charge in [0.05, 0.1) is 4.90 Å². The van der Waals surface area contributed by atoms with Gasteiger partial charge in [-0.1, -0.05) is 54.2 Å². The van der Waals surface area contributed by atoms with Gasteiger partial charge < -0.3 is 20.3 Å². The summed E-state index contributed by atoms with van der Waals surface area (Å²) in [6, 6.07) is 26.1. The average Bonchev–Trinajstić information content (AvgIpc) is 3.30. The molecular formula is C29H31N7OS. The summed E-state index contributed by atoms with van der Waals surface area (Å²) >= 11 is 1.52. The first-order valence-corrected chi connectivity index (χ1v) is 13.6. The van der Waals surface area contributed by atoms with E-state index >= 15 is 0 Å². The number of likely N-dealkylation sites (N-methyl/N-ethyl adjacent to an activating group) is 1. The molecule has 0 spiro atoms. The number of para-hydroxylation sites is 1. The van der Waals surface area contributed by atoms with Gasteiger partial charge in [-0.25, -0.2) is 9.97 Å². The van der Waals surface area contributed by atoms with Crippen molar-refractivity contribution in [3.63, 3.8) is 0 Å². The van der Waals surface area contributed by atoms with E-state index in [-0.39, 0.29) is 0 Å². The Bertz CT molecular complexity index is 1380. The zero-order valence-corrected chi connectivity index (χ0v) is 22.1. The van der Waals surface area contributed by atoms with Gasteiger partial charge in [-0.2, -0.15) is 0 Å². The largest absolute Gasteiger partial charge is 0.457 e. The maximum absolute atomic E-state index is 6.86. The van der Waals surface area contributed by atoms with Gasteiger partial charge in [0.1, 0.15) is 29.5 Å². The van der Waals surface area contributed by atoms with Gasteiger partial charge >= 0.3 is 0 Å². The standard InChI is InChI=1S/C29H31N7OS/c1-35-15-17-36(18-16-35)19-21-7-9-22(10-8-21)29(30)34-28-26(38-29)27(31-20-32-28)33-23-11-13-25(14-12-23)37-24-5-3-2-4-6-24/h2-14,20H,15-19,30H2,1H3,(H2,31,32,33,34). The summed E-state index contributed by atoms with van der Waals surface area (Å²) in [7, 11) is 2.18. The van der Waals surface area contributed by atoms with Gasteiger partial charge in [-0.3, -0.25) is 10.6 Å². The van der Waals surface area contributed by atoms with Crippen LogP contribution in [-0.2, 0) is 11.5 Å². The van der Waals surface area contributed by atoms with Crippen LogP contribution >= 0.6 is 11.8 Å². The number of nitrogens with one attached hydrogen (secondary N) is 2. The smallest absolute Gasteiger partial charge is 0.167 e. The molecule has 2 aliphatic rings. The second-order valence-electron chi connectivity index (χ2n) is 9.70. The van der Waals surface area contributed by atoms with Crippen LogP contribution in [0, 0.1) is 0 Å². The number of benzene rings is 3. The molecule has 38 heavy (non-hydrogen) atoms. The number of hydrogen-bond acceptors (Lipinski definition) is 9. The SMILES string of the molecule is CN1CCN(Cc2ccc(C3(N)Nc4ncnc(Nc5ccc(Oc6ccccc6)cc5)c4S3)cc2)CC1. The molecule has 0 radical (unpaired) electrons. The highest BCUT2D eigenvalue weighted by molar-refractivity contribution is 8.01. The molecule has 1 fully saturated rings. The molecule has 194 valence electrons. The third kappa shape index (κ3) is 5.46. The lowest BCUT2D eigenvalue weighted by Crippen LogP contribution is -2.43. The van der Waals surface area contributed by atoms with E-state index < -0.39 is 4.99 Å². The van der Waals surface area contributed by atoms with Crippen molar-refractivity contribution in [2.45, 2.75) is 16.4 Å². The molecule has 1 atom stereocenters. The van der Waals surface area contributed by atoms with E-state index in [1.807, 2.05) is 54.6 Å². The van der Waals surface area contributed by atoms with Crippen molar-refractivity contribution in [3.8, 4) is 11.5 Å². The number of nitrogens with zero attached hydrogens (tertiary/aromatic N) is 4. The number of aromatic nitrogens is 2. The van der Waals surface area contributed by atoms with E-state index in [2.05, 4.69) is 61.7 Å². The van der Waals surface area contributed by atoms with Crippen molar-refractivity contribution >= 4 is 29.1 Å². The minimum Gasteiger partial charge on any atom is -0.457 e. The fourth-order valence-electron chi connectivity index (χ4n) is 4.63. The maximum atomic E-state index is 6.86. The third-order valence-electron chi connectivity index (χ3n) is 6.85. The highest BCUT2D eigenvalue weighted by Gasteiger charge is 2.38. The normalized spacial score (nSPS) is 19.5. The first kappa shape index (κ1) is 24.7. The number of piperazine rings is 1. The van der Waals surface area contributed by atoms with Crippen molar-refractivity contribution < 1.29 is 4.74 Å². The predicted octanol–water partition coefficient (Wildman–Crippen LogP) is 5.05. The lowest BCUT2D eigenvalue weighted by molar-refractivity contribution is 0.148. The Morgan fingerprint density at radius 1 is 0.921 bits per heavy atom. The van der Waals surface area contributed by atoms with Gasteiger partial charge in [-0.15, -0.1) is 0 Å². The fourth-order valence-corrected chi connectivity index (χ4v) is 5.76. The monoisotopic (exact) mass is 525 g/mol. The molecule has 4 N–H and O–H groups in total. The molecule has 4 aromatic rings. The zero-order chi connectivity index (χ0) is 26.0. The van der Waals surface area contributed by atoms with E-state index in [1.54, 1.807) is 6.33 Å². The number of thioether (sulfide) groups is 1. The van der Waals surface area contributed by atoms with Crippen molar-refractivity contribution in [1.29, 1.82) is 0 Å². The van der Waals surface area contributed by atoms with Crippen LogP contribution in [0.4, 0.5) is 17.3 Å². The predicted molar refractivity (Wildman–Crippen MR) is 153 cm³/mol. The highest BCUT2D eigenvalue weighted by Crippen LogP contribution is 2.50. The molecule has 6 rings (SSSR count). The summed E-state index contributed by atoms with van der Waals surface area (Å²) in [4.78, 5) is 13.9. The van der Waals surface area contributed by atoms with Gasteiger partial charge in [-0.05, 0) is 49.0 Å². The van der Waals surface area contributed by atoms with Gasteiger partial charge in [0.15, 0.2) is 4.99 Å². The van der Waals surface area contributed by atoms with Crippen LogP contribution in [0.3, 0.4) is 0 Å². The minimum absolute atomic E-state index is 0.711. The van der Waals surface area contributed by atoms with Crippen molar-refractivity contribution in [2.24, 2.45) is 5.73 Å². The van der Waals surface area contributed by atoms with E-state index in [9.17, 15) is 0 Å². The molecule has 1 saturated heterocycles. The molecule has 3 heterocycles. The van der Waals surface area contributed by atoms with E-state index in [0.29, 0.717) is 5.82 Å². The second kappa shape index (κ2) is 10.6. The first-order valence-electron chi connectivity index (χ1n) is 12.8.